The molecule has 1 aromatic rings. The summed E-state index contributed by atoms with van der Waals surface area (Å²) in [6.07, 6.45) is 3.70. The molecule has 6 heteroatoms. The first kappa shape index (κ1) is 12.3. The van der Waals surface area contributed by atoms with Crippen LogP contribution in [0.3, 0.4) is 0 Å². The van der Waals surface area contributed by atoms with E-state index in [4.69, 9.17) is 5.73 Å². The van der Waals surface area contributed by atoms with Gasteiger partial charge < -0.3 is 5.73 Å². The number of nitrogens with two attached hydrogens (primary N) is 1. The molecule has 2 N–H and O–H groups in total. The molecule has 0 saturated carbocycles. The Kier molecular flexibility index (Phi) is 3.09. The van der Waals surface area contributed by atoms with Crippen LogP contribution in [0, 0.1) is 5.92 Å². The summed E-state index contributed by atoms with van der Waals surface area (Å²) in [6, 6.07) is 1.53. The van der Waals surface area contributed by atoms with E-state index < -0.39 is 10.0 Å². The maximum Gasteiger partial charge on any atom is 0.246 e. The number of aromatic nitrogens is 1. The zero-order chi connectivity index (χ0) is 12.6. The van der Waals surface area contributed by atoms with Gasteiger partial charge in [-0.05, 0) is 25.3 Å². The highest BCUT2D eigenvalue weighted by Gasteiger charge is 2.36. The van der Waals surface area contributed by atoms with Crippen molar-refractivity contribution in [3.05, 3.63) is 18.5 Å². The lowest BCUT2D eigenvalue weighted by Crippen LogP contribution is -2.34. The fourth-order valence-electron chi connectivity index (χ4n) is 2.33. The molecule has 5 nitrogen and oxygen atoms in total. The second kappa shape index (κ2) is 4.27. The molecule has 1 aliphatic rings. The summed E-state index contributed by atoms with van der Waals surface area (Å²) >= 11 is 0. The molecular weight excluding hydrogens is 238 g/mol. The second-order valence-electron chi connectivity index (χ2n) is 4.68. The standard InChI is InChI=1S/C11H17N3O2S/c1-8-5-9(2)14(7-8)17(15,16)11-6-13-4-3-10(11)12/h3-4,6,8-9H,5,7H2,1-2H3,(H2,12,13). The first-order chi connectivity index (χ1) is 7.93. The van der Waals surface area contributed by atoms with Crippen LogP contribution in [-0.4, -0.2) is 30.3 Å². The summed E-state index contributed by atoms with van der Waals surface area (Å²) in [7, 11) is -3.51. The van der Waals surface area contributed by atoms with Crippen molar-refractivity contribution in [1.82, 2.24) is 9.29 Å². The molecule has 2 rings (SSSR count). The van der Waals surface area contributed by atoms with Gasteiger partial charge in [0, 0.05) is 25.0 Å². The van der Waals surface area contributed by atoms with Crippen LogP contribution in [0.2, 0.25) is 0 Å². The van der Waals surface area contributed by atoms with E-state index >= 15 is 0 Å². The summed E-state index contributed by atoms with van der Waals surface area (Å²) in [4.78, 5) is 3.95. The molecule has 1 saturated heterocycles. The van der Waals surface area contributed by atoms with Gasteiger partial charge in [-0.3, -0.25) is 4.98 Å². The number of nitrogen functional groups attached to an aromatic ring is 1. The molecule has 0 bridgehead atoms. The monoisotopic (exact) mass is 255 g/mol. The Morgan fingerprint density at radius 3 is 2.71 bits per heavy atom. The van der Waals surface area contributed by atoms with Gasteiger partial charge in [-0.25, -0.2) is 8.42 Å². The minimum absolute atomic E-state index is 0.0228. The van der Waals surface area contributed by atoms with Gasteiger partial charge in [0.2, 0.25) is 10.0 Å². The van der Waals surface area contributed by atoms with Gasteiger partial charge in [0.1, 0.15) is 4.90 Å². The van der Waals surface area contributed by atoms with E-state index in [1.165, 1.54) is 22.8 Å². The summed E-state index contributed by atoms with van der Waals surface area (Å²) in [6.45, 7) is 4.53. The molecule has 0 radical (unpaired) electrons. The summed E-state index contributed by atoms with van der Waals surface area (Å²) in [5.41, 5.74) is 5.96. The van der Waals surface area contributed by atoms with Crippen molar-refractivity contribution in [2.45, 2.75) is 31.2 Å². The van der Waals surface area contributed by atoms with E-state index in [-0.39, 0.29) is 16.6 Å². The van der Waals surface area contributed by atoms with E-state index in [1.807, 2.05) is 6.92 Å². The van der Waals surface area contributed by atoms with Crippen LogP contribution in [0.1, 0.15) is 20.3 Å². The number of hydrogen-bond acceptors (Lipinski definition) is 4. The fourth-order valence-corrected chi connectivity index (χ4v) is 4.15. The Bertz CT molecular complexity index is 515. The molecule has 0 aliphatic carbocycles. The van der Waals surface area contributed by atoms with Crippen molar-refractivity contribution < 1.29 is 8.42 Å². The molecular formula is C11H17N3O2S. The summed E-state index contributed by atoms with van der Waals surface area (Å²) < 4.78 is 26.4. The topological polar surface area (TPSA) is 76.3 Å². The van der Waals surface area contributed by atoms with Gasteiger partial charge in [-0.15, -0.1) is 0 Å². The summed E-state index contributed by atoms with van der Waals surface area (Å²) in [5, 5.41) is 0. The zero-order valence-corrected chi connectivity index (χ0v) is 10.8. The van der Waals surface area contributed by atoms with Crippen LogP contribution in [0.25, 0.3) is 0 Å². The maximum atomic E-state index is 12.4. The Morgan fingerprint density at radius 2 is 2.18 bits per heavy atom. The molecule has 0 amide bonds. The van der Waals surface area contributed by atoms with Gasteiger partial charge in [-0.2, -0.15) is 4.31 Å². The molecule has 0 aromatic carbocycles. The largest absolute Gasteiger partial charge is 0.398 e. The number of anilines is 1. The number of nitrogens with zero attached hydrogens (tertiary/aromatic N) is 2. The summed E-state index contributed by atoms with van der Waals surface area (Å²) in [5.74, 6) is 0.387. The number of hydrogen-bond donors (Lipinski definition) is 1. The van der Waals surface area contributed by atoms with Gasteiger partial charge in [0.05, 0.1) is 5.69 Å². The van der Waals surface area contributed by atoms with Crippen molar-refractivity contribution in [3.8, 4) is 0 Å². The molecule has 2 unspecified atom stereocenters. The van der Waals surface area contributed by atoms with Crippen molar-refractivity contribution >= 4 is 15.7 Å². The Labute approximate surface area is 102 Å². The van der Waals surface area contributed by atoms with E-state index in [0.29, 0.717) is 12.5 Å². The number of pyridine rings is 1. The predicted octanol–water partition coefficient (Wildman–Crippen LogP) is 1.08. The Hall–Kier alpha value is -1.14. The minimum atomic E-state index is -3.51. The molecule has 0 spiro atoms. The zero-order valence-electron chi connectivity index (χ0n) is 10.00. The highest BCUT2D eigenvalue weighted by Crippen LogP contribution is 2.30. The van der Waals surface area contributed by atoms with Gasteiger partial charge in [-0.1, -0.05) is 6.92 Å². The van der Waals surface area contributed by atoms with Crippen molar-refractivity contribution in [1.29, 1.82) is 0 Å². The first-order valence-electron chi connectivity index (χ1n) is 5.64. The second-order valence-corrected chi connectivity index (χ2v) is 6.54. The minimum Gasteiger partial charge on any atom is -0.398 e. The Morgan fingerprint density at radius 1 is 1.47 bits per heavy atom. The fraction of sp³-hybridized carbons (Fsp3) is 0.545. The van der Waals surface area contributed by atoms with Crippen molar-refractivity contribution in [3.63, 3.8) is 0 Å². The molecule has 1 fully saturated rings. The SMILES string of the molecule is CC1CC(C)N(S(=O)(=O)c2cnccc2N)C1. The first-order valence-corrected chi connectivity index (χ1v) is 7.08. The van der Waals surface area contributed by atoms with Gasteiger partial charge in [0.15, 0.2) is 0 Å². The third-order valence-corrected chi connectivity index (χ3v) is 5.15. The van der Waals surface area contributed by atoms with E-state index in [0.717, 1.165) is 6.42 Å². The molecule has 2 heterocycles. The number of rotatable bonds is 2. The van der Waals surface area contributed by atoms with Crippen LogP contribution in [0.5, 0.6) is 0 Å². The molecule has 1 aromatic heterocycles. The van der Waals surface area contributed by atoms with E-state index in [1.54, 1.807) is 0 Å². The number of sulfonamides is 1. The Balaban J connectivity index is 2.41. The van der Waals surface area contributed by atoms with Crippen LogP contribution in [0.4, 0.5) is 5.69 Å². The highest BCUT2D eigenvalue weighted by molar-refractivity contribution is 7.89. The lowest BCUT2D eigenvalue weighted by atomic mass is 10.1. The predicted molar refractivity (Wildman–Crippen MR) is 65.8 cm³/mol. The quantitative estimate of drug-likeness (QED) is 0.858. The molecule has 2 atom stereocenters. The third kappa shape index (κ3) is 2.14. The van der Waals surface area contributed by atoms with Crippen LogP contribution < -0.4 is 5.73 Å². The highest BCUT2D eigenvalue weighted by atomic mass is 32.2. The average molecular weight is 255 g/mol. The normalized spacial score (nSPS) is 26.2. The average Bonchev–Trinajstić information content (AvgIpc) is 2.59. The third-order valence-electron chi connectivity index (χ3n) is 3.13. The van der Waals surface area contributed by atoms with Crippen molar-refractivity contribution in [2.24, 2.45) is 5.92 Å². The van der Waals surface area contributed by atoms with Crippen LogP contribution in [-0.2, 0) is 10.0 Å². The van der Waals surface area contributed by atoms with Gasteiger partial charge >= 0.3 is 0 Å². The van der Waals surface area contributed by atoms with Gasteiger partial charge in [0.25, 0.3) is 0 Å². The van der Waals surface area contributed by atoms with Crippen molar-refractivity contribution in [2.75, 3.05) is 12.3 Å². The molecule has 17 heavy (non-hydrogen) atoms. The lowest BCUT2D eigenvalue weighted by Gasteiger charge is -2.21. The smallest absolute Gasteiger partial charge is 0.246 e. The van der Waals surface area contributed by atoms with E-state index in [9.17, 15) is 8.42 Å². The lowest BCUT2D eigenvalue weighted by molar-refractivity contribution is 0.405. The molecule has 1 aliphatic heterocycles. The van der Waals surface area contributed by atoms with E-state index in [2.05, 4.69) is 11.9 Å². The van der Waals surface area contributed by atoms with Crippen LogP contribution >= 0.6 is 0 Å². The van der Waals surface area contributed by atoms with Crippen LogP contribution in [0.15, 0.2) is 23.4 Å². The molecule has 94 valence electrons. The maximum absolute atomic E-state index is 12.4.